The highest BCUT2D eigenvalue weighted by molar-refractivity contribution is 7.81. The molecule has 1 amide bonds. The van der Waals surface area contributed by atoms with Crippen LogP contribution in [0, 0.1) is 0 Å². The van der Waals surface area contributed by atoms with E-state index in [0.29, 0.717) is 0 Å². The van der Waals surface area contributed by atoms with E-state index in [1.165, 1.54) is 0 Å². The molecule has 2 nitrogen and oxygen atoms in total. The maximum Gasteiger partial charge on any atom is 0.233 e. The first-order valence-electron chi connectivity index (χ1n) is 2.06. The summed E-state index contributed by atoms with van der Waals surface area (Å²) < 4.78 is 0. The van der Waals surface area contributed by atoms with Gasteiger partial charge in [-0.05, 0) is 6.92 Å². The van der Waals surface area contributed by atoms with Gasteiger partial charge in [-0.15, -0.1) is 0 Å². The molecule has 0 saturated carbocycles. The molecule has 1 unspecified atom stereocenters. The molecule has 0 aromatic carbocycles. The number of hydrogen-bond acceptors (Lipinski definition) is 1. The summed E-state index contributed by atoms with van der Waals surface area (Å²) in [6, 6.07) is 0. The molecular formula is C4H8NOS. The van der Waals surface area contributed by atoms with E-state index in [1.54, 1.807) is 14.0 Å². The predicted molar refractivity (Wildman–Crippen MR) is 31.1 cm³/mol. The molecule has 0 spiro atoms. The van der Waals surface area contributed by atoms with Crippen molar-refractivity contribution in [2.24, 2.45) is 0 Å². The molecule has 0 aromatic rings. The molecule has 0 aliphatic heterocycles. The smallest absolute Gasteiger partial charge is 0.233 e. The summed E-state index contributed by atoms with van der Waals surface area (Å²) in [5, 5.41) is 2.12. The van der Waals surface area contributed by atoms with E-state index in [9.17, 15) is 4.79 Å². The van der Waals surface area contributed by atoms with Crippen molar-refractivity contribution in [2.75, 3.05) is 7.05 Å². The number of nitrogens with one attached hydrogen (secondary N) is 1. The Hall–Kier alpha value is -0.180. The van der Waals surface area contributed by atoms with Gasteiger partial charge in [-0.3, -0.25) is 4.79 Å². The Bertz CT molecular complexity index is 72.1. The average Bonchev–Trinajstić information content (AvgIpc) is 1.65. The lowest BCUT2D eigenvalue weighted by atomic mass is 10.4. The van der Waals surface area contributed by atoms with Crippen LogP contribution in [0.5, 0.6) is 0 Å². The van der Waals surface area contributed by atoms with E-state index in [-0.39, 0.29) is 11.2 Å². The Labute approximate surface area is 48.7 Å². The highest BCUT2D eigenvalue weighted by Crippen LogP contribution is 1.88. The molecule has 1 radical (unpaired) electrons. The standard InChI is InChI=1S/C4H8NOS/c1-3(7)4(6)5-2/h3H,1-2H3,(H,5,6). The van der Waals surface area contributed by atoms with Gasteiger partial charge < -0.3 is 5.32 Å². The van der Waals surface area contributed by atoms with Gasteiger partial charge in [0.1, 0.15) is 0 Å². The van der Waals surface area contributed by atoms with Crippen LogP contribution in [0.3, 0.4) is 0 Å². The second kappa shape index (κ2) is 2.91. The highest BCUT2D eigenvalue weighted by atomic mass is 32.1. The van der Waals surface area contributed by atoms with Crippen LogP contribution in [0.1, 0.15) is 6.92 Å². The van der Waals surface area contributed by atoms with Crippen molar-refractivity contribution in [1.82, 2.24) is 5.32 Å². The molecule has 7 heavy (non-hydrogen) atoms. The second-order valence-corrected chi connectivity index (χ2v) is 1.96. The molecule has 3 heteroatoms. The van der Waals surface area contributed by atoms with E-state index in [0.717, 1.165) is 0 Å². The third-order valence-electron chi connectivity index (χ3n) is 0.616. The summed E-state index contributed by atoms with van der Waals surface area (Å²) in [6.07, 6.45) is 0. The number of carbonyl (C=O) groups is 1. The lowest BCUT2D eigenvalue weighted by Gasteiger charge is -1.96. The van der Waals surface area contributed by atoms with Gasteiger partial charge >= 0.3 is 0 Å². The minimum absolute atomic E-state index is 0.0880. The minimum atomic E-state index is -0.301. The van der Waals surface area contributed by atoms with Crippen LogP contribution in [-0.2, 0) is 4.79 Å². The van der Waals surface area contributed by atoms with Gasteiger partial charge in [0, 0.05) is 7.05 Å². The summed E-state index contributed by atoms with van der Waals surface area (Å²) >= 11 is 4.59. The van der Waals surface area contributed by atoms with Crippen LogP contribution in [-0.4, -0.2) is 18.2 Å². The van der Waals surface area contributed by atoms with Gasteiger partial charge in [0.25, 0.3) is 0 Å². The van der Waals surface area contributed by atoms with Crippen molar-refractivity contribution in [3.63, 3.8) is 0 Å². The van der Waals surface area contributed by atoms with Crippen LogP contribution >= 0.6 is 12.6 Å². The van der Waals surface area contributed by atoms with Crippen molar-refractivity contribution >= 4 is 18.5 Å². The molecule has 41 valence electrons. The number of carbonyl (C=O) groups excluding carboxylic acids is 1. The zero-order chi connectivity index (χ0) is 5.86. The zero-order valence-electron chi connectivity index (χ0n) is 4.39. The van der Waals surface area contributed by atoms with E-state index < -0.39 is 0 Å². The third kappa shape index (κ3) is 2.51. The van der Waals surface area contributed by atoms with Crippen molar-refractivity contribution < 1.29 is 4.79 Å². The van der Waals surface area contributed by atoms with Crippen molar-refractivity contribution in [1.29, 1.82) is 0 Å². The van der Waals surface area contributed by atoms with Crippen LogP contribution in [0.15, 0.2) is 0 Å². The van der Waals surface area contributed by atoms with Crippen molar-refractivity contribution in [3.05, 3.63) is 0 Å². The van der Waals surface area contributed by atoms with Gasteiger partial charge in [-0.2, -0.15) is 0 Å². The molecule has 0 aliphatic rings. The molecule has 0 aliphatic carbocycles. The number of amides is 1. The molecule has 0 rings (SSSR count). The van der Waals surface area contributed by atoms with Crippen molar-refractivity contribution in [3.8, 4) is 0 Å². The Kier molecular flexibility index (Phi) is 2.83. The Balaban J connectivity index is 3.35. The second-order valence-electron chi connectivity index (χ2n) is 1.26. The number of rotatable bonds is 1. The molecule has 1 N–H and O–H groups in total. The van der Waals surface area contributed by atoms with Crippen molar-refractivity contribution in [2.45, 2.75) is 12.2 Å². The fourth-order valence-corrected chi connectivity index (χ4v) is 0.321. The van der Waals surface area contributed by atoms with Gasteiger partial charge in [0.15, 0.2) is 0 Å². The molecule has 0 aromatic heterocycles. The lowest BCUT2D eigenvalue weighted by molar-refractivity contribution is -0.119. The fourth-order valence-electron chi connectivity index (χ4n) is 0.203. The molecule has 1 atom stereocenters. The fraction of sp³-hybridized carbons (Fsp3) is 0.750. The highest BCUT2D eigenvalue weighted by Gasteiger charge is 2.02. The predicted octanol–water partition coefficient (Wildman–Crippen LogP) is 0.318. The van der Waals surface area contributed by atoms with Gasteiger partial charge in [-0.25, -0.2) is 0 Å². The maximum atomic E-state index is 10.3. The van der Waals surface area contributed by atoms with Gasteiger partial charge in [0.2, 0.25) is 5.91 Å². The van der Waals surface area contributed by atoms with E-state index >= 15 is 0 Å². The SMILES string of the molecule is CNC(=O)C(C)[S]. The first-order valence-corrected chi connectivity index (χ1v) is 2.53. The Morgan fingerprint density at radius 1 is 1.86 bits per heavy atom. The molecular weight excluding hydrogens is 110 g/mol. The summed E-state index contributed by atoms with van der Waals surface area (Å²) in [7, 11) is 1.57. The van der Waals surface area contributed by atoms with Gasteiger partial charge in [-0.1, -0.05) is 12.6 Å². The normalized spacial score (nSPS) is 13.0. The first kappa shape index (κ1) is 6.82. The molecule has 0 saturated heterocycles. The summed E-state index contributed by atoms with van der Waals surface area (Å²) in [6.45, 7) is 1.67. The van der Waals surface area contributed by atoms with Crippen LogP contribution < -0.4 is 5.32 Å². The van der Waals surface area contributed by atoms with Crippen LogP contribution in [0.4, 0.5) is 0 Å². The average molecular weight is 118 g/mol. The summed E-state index contributed by atoms with van der Waals surface area (Å²) in [5.41, 5.74) is 0. The summed E-state index contributed by atoms with van der Waals surface area (Å²) in [5.74, 6) is -0.0880. The van der Waals surface area contributed by atoms with Crippen LogP contribution in [0.25, 0.3) is 0 Å². The van der Waals surface area contributed by atoms with E-state index in [1.807, 2.05) is 0 Å². The molecule has 0 bridgehead atoms. The van der Waals surface area contributed by atoms with E-state index in [2.05, 4.69) is 17.9 Å². The quantitative estimate of drug-likeness (QED) is 0.528. The Morgan fingerprint density at radius 2 is 2.29 bits per heavy atom. The maximum absolute atomic E-state index is 10.3. The zero-order valence-corrected chi connectivity index (χ0v) is 5.21. The van der Waals surface area contributed by atoms with Gasteiger partial charge in [0.05, 0.1) is 5.25 Å². The van der Waals surface area contributed by atoms with E-state index in [4.69, 9.17) is 0 Å². The Morgan fingerprint density at radius 3 is 2.29 bits per heavy atom. The third-order valence-corrected chi connectivity index (χ3v) is 0.830. The van der Waals surface area contributed by atoms with Crippen LogP contribution in [0.2, 0.25) is 0 Å². The monoisotopic (exact) mass is 118 g/mol. The number of hydrogen-bond donors (Lipinski definition) is 1. The minimum Gasteiger partial charge on any atom is -0.358 e. The first-order chi connectivity index (χ1) is 3.18. The largest absolute Gasteiger partial charge is 0.358 e. The topological polar surface area (TPSA) is 29.1 Å². The molecule has 0 fully saturated rings. The summed E-state index contributed by atoms with van der Waals surface area (Å²) in [4.78, 5) is 10.3. The molecule has 0 heterocycles. The lowest BCUT2D eigenvalue weighted by Crippen LogP contribution is -2.25.